The third-order valence-electron chi connectivity index (χ3n) is 6.90. The number of hydrogen-bond donors (Lipinski definition) is 3. The Morgan fingerprint density at radius 2 is 1.72 bits per heavy atom. The first-order valence-electron chi connectivity index (χ1n) is 11.5. The zero-order valence-corrected chi connectivity index (χ0v) is 18.1. The SMILES string of the molecule is O=C(Nc1ccccc1)N[C@H]1[C@H](O)[C@@H](N2CCC(Cc3ccccc3)CC2)[C@@H]2OC[C@H]1O2. The highest BCUT2D eigenvalue weighted by Gasteiger charge is 2.52. The number of piperidine rings is 1. The monoisotopic (exact) mass is 437 g/mol. The largest absolute Gasteiger partial charge is 0.389 e. The van der Waals surface area contributed by atoms with E-state index >= 15 is 0 Å². The standard InChI is InChI=1S/C25H31N3O4/c29-23-21(27-25(30)26-19-9-5-2-6-10-19)20-16-31-24(32-20)22(23)28-13-11-18(12-14-28)15-17-7-3-1-4-8-17/h1-10,18,20-24,29H,11-16H2,(H2,26,27,30)/t20-,21-,22-,23+,24-/m1/s1. The summed E-state index contributed by atoms with van der Waals surface area (Å²) in [5.74, 6) is 0.637. The number of anilines is 1. The topological polar surface area (TPSA) is 83.1 Å². The van der Waals surface area contributed by atoms with Gasteiger partial charge >= 0.3 is 6.03 Å². The van der Waals surface area contributed by atoms with Crippen LogP contribution in [0.5, 0.6) is 0 Å². The Morgan fingerprint density at radius 3 is 2.44 bits per heavy atom. The number of rotatable bonds is 5. The number of aliphatic hydroxyl groups is 1. The van der Waals surface area contributed by atoms with Crippen molar-refractivity contribution in [3.05, 3.63) is 66.2 Å². The predicted molar refractivity (Wildman–Crippen MR) is 121 cm³/mol. The van der Waals surface area contributed by atoms with Crippen LogP contribution in [0.4, 0.5) is 10.5 Å². The lowest BCUT2D eigenvalue weighted by molar-refractivity contribution is -0.184. The molecule has 3 heterocycles. The number of hydrogen-bond acceptors (Lipinski definition) is 5. The molecule has 2 aromatic carbocycles. The van der Waals surface area contributed by atoms with E-state index in [-0.39, 0.29) is 18.2 Å². The van der Waals surface area contributed by atoms with Gasteiger partial charge in [0.2, 0.25) is 0 Å². The molecule has 3 aliphatic rings. The maximum atomic E-state index is 12.6. The zero-order chi connectivity index (χ0) is 21.9. The lowest BCUT2D eigenvalue weighted by Gasteiger charge is -2.46. The molecule has 32 heavy (non-hydrogen) atoms. The van der Waals surface area contributed by atoms with E-state index in [1.165, 1.54) is 5.56 Å². The summed E-state index contributed by atoms with van der Waals surface area (Å²) < 4.78 is 11.9. The van der Waals surface area contributed by atoms with Gasteiger partial charge in [-0.2, -0.15) is 0 Å². The molecule has 2 bridgehead atoms. The van der Waals surface area contributed by atoms with Crippen molar-refractivity contribution in [3.8, 4) is 0 Å². The summed E-state index contributed by atoms with van der Waals surface area (Å²) >= 11 is 0. The van der Waals surface area contributed by atoms with Gasteiger partial charge in [-0.15, -0.1) is 0 Å². The van der Waals surface area contributed by atoms with Crippen LogP contribution in [0.15, 0.2) is 60.7 Å². The Morgan fingerprint density at radius 1 is 1.03 bits per heavy atom. The summed E-state index contributed by atoms with van der Waals surface area (Å²) in [5, 5.41) is 17.0. The van der Waals surface area contributed by atoms with Crippen LogP contribution in [0, 0.1) is 5.92 Å². The molecule has 0 aliphatic carbocycles. The van der Waals surface area contributed by atoms with Crippen molar-refractivity contribution < 1.29 is 19.4 Å². The highest BCUT2D eigenvalue weighted by Crippen LogP contribution is 2.34. The van der Waals surface area contributed by atoms with E-state index in [9.17, 15) is 9.90 Å². The van der Waals surface area contributed by atoms with Gasteiger partial charge in [0.05, 0.1) is 24.8 Å². The van der Waals surface area contributed by atoms with Gasteiger partial charge in [0.15, 0.2) is 6.29 Å². The van der Waals surface area contributed by atoms with E-state index in [1.807, 2.05) is 30.3 Å². The fraction of sp³-hybridized carbons (Fsp3) is 0.480. The molecular formula is C25H31N3O4. The summed E-state index contributed by atoms with van der Waals surface area (Å²) in [4.78, 5) is 14.8. The average Bonchev–Trinajstić information content (AvgIpc) is 3.24. The lowest BCUT2D eigenvalue weighted by atomic mass is 9.87. The average molecular weight is 438 g/mol. The molecule has 0 aromatic heterocycles. The number of carbonyl (C=O) groups excluding carboxylic acids is 1. The fourth-order valence-electron chi connectivity index (χ4n) is 5.21. The van der Waals surface area contributed by atoms with E-state index in [0.29, 0.717) is 18.2 Å². The summed E-state index contributed by atoms with van der Waals surface area (Å²) in [5.41, 5.74) is 2.08. The van der Waals surface area contributed by atoms with Crippen LogP contribution in [-0.4, -0.2) is 66.3 Å². The molecule has 3 N–H and O–H groups in total. The molecule has 3 aliphatic heterocycles. The fourth-order valence-corrected chi connectivity index (χ4v) is 5.21. The lowest BCUT2D eigenvalue weighted by Crippen LogP contribution is -2.66. The first-order chi connectivity index (χ1) is 15.7. The molecule has 5 rings (SSSR count). The summed E-state index contributed by atoms with van der Waals surface area (Å²) in [6, 6.07) is 18.7. The Bertz CT molecular complexity index is 889. The minimum atomic E-state index is -0.756. The smallest absolute Gasteiger partial charge is 0.319 e. The van der Waals surface area contributed by atoms with Gasteiger partial charge in [-0.05, 0) is 56.0 Å². The molecule has 7 nitrogen and oxygen atoms in total. The molecule has 0 saturated carbocycles. The highest BCUT2D eigenvalue weighted by molar-refractivity contribution is 5.89. The van der Waals surface area contributed by atoms with Gasteiger partial charge in [0.1, 0.15) is 6.10 Å². The van der Waals surface area contributed by atoms with E-state index in [4.69, 9.17) is 9.47 Å². The van der Waals surface area contributed by atoms with Crippen molar-refractivity contribution >= 4 is 11.7 Å². The molecule has 0 unspecified atom stereocenters. The Labute approximate surface area is 188 Å². The summed E-state index contributed by atoms with van der Waals surface area (Å²) in [6.45, 7) is 2.14. The number of benzene rings is 2. The van der Waals surface area contributed by atoms with Crippen molar-refractivity contribution in [1.29, 1.82) is 0 Å². The van der Waals surface area contributed by atoms with E-state index in [0.717, 1.165) is 32.4 Å². The number of likely N-dealkylation sites (tertiary alicyclic amines) is 1. The normalized spacial score (nSPS) is 30.7. The number of nitrogens with zero attached hydrogens (tertiary/aromatic N) is 1. The number of nitrogens with one attached hydrogen (secondary N) is 2. The van der Waals surface area contributed by atoms with E-state index in [2.05, 4.69) is 45.9 Å². The van der Waals surface area contributed by atoms with Crippen molar-refractivity contribution in [2.45, 2.75) is 49.8 Å². The zero-order valence-electron chi connectivity index (χ0n) is 18.1. The van der Waals surface area contributed by atoms with Crippen molar-refractivity contribution in [2.75, 3.05) is 25.0 Å². The van der Waals surface area contributed by atoms with Crippen molar-refractivity contribution in [3.63, 3.8) is 0 Å². The first-order valence-corrected chi connectivity index (χ1v) is 11.5. The van der Waals surface area contributed by atoms with Gasteiger partial charge in [0.25, 0.3) is 0 Å². The second-order valence-electron chi connectivity index (χ2n) is 9.02. The molecule has 5 atom stereocenters. The molecule has 2 amide bonds. The van der Waals surface area contributed by atoms with E-state index < -0.39 is 18.4 Å². The van der Waals surface area contributed by atoms with Gasteiger partial charge in [-0.25, -0.2) is 4.79 Å². The predicted octanol–water partition coefficient (Wildman–Crippen LogP) is 2.62. The number of ether oxygens (including phenoxy) is 2. The second-order valence-corrected chi connectivity index (χ2v) is 9.02. The van der Waals surface area contributed by atoms with Crippen LogP contribution in [-0.2, 0) is 15.9 Å². The molecule has 2 aromatic rings. The maximum absolute atomic E-state index is 12.6. The Kier molecular flexibility index (Phi) is 6.41. The van der Waals surface area contributed by atoms with Crippen LogP contribution >= 0.6 is 0 Å². The summed E-state index contributed by atoms with van der Waals surface area (Å²) in [7, 11) is 0. The van der Waals surface area contributed by atoms with Crippen molar-refractivity contribution in [2.24, 2.45) is 5.92 Å². The van der Waals surface area contributed by atoms with Crippen LogP contribution in [0.1, 0.15) is 18.4 Å². The van der Waals surface area contributed by atoms with Crippen molar-refractivity contribution in [1.82, 2.24) is 10.2 Å². The molecule has 170 valence electrons. The van der Waals surface area contributed by atoms with Crippen LogP contribution in [0.3, 0.4) is 0 Å². The number of fused-ring (bicyclic) bond motifs is 2. The number of para-hydroxylation sites is 1. The van der Waals surface area contributed by atoms with E-state index in [1.54, 1.807) is 0 Å². The number of carbonyl (C=O) groups is 1. The number of urea groups is 1. The minimum Gasteiger partial charge on any atom is -0.389 e. The highest BCUT2D eigenvalue weighted by atomic mass is 16.7. The number of amides is 2. The maximum Gasteiger partial charge on any atom is 0.319 e. The van der Waals surface area contributed by atoms with Gasteiger partial charge in [-0.3, -0.25) is 4.90 Å². The van der Waals surface area contributed by atoms with Crippen LogP contribution in [0.25, 0.3) is 0 Å². The molecule has 3 saturated heterocycles. The van der Waals surface area contributed by atoms with Gasteiger partial charge in [0, 0.05) is 5.69 Å². The quantitative estimate of drug-likeness (QED) is 0.670. The third-order valence-corrected chi connectivity index (χ3v) is 6.90. The third kappa shape index (κ3) is 4.66. The second kappa shape index (κ2) is 9.58. The van der Waals surface area contributed by atoms with Crippen LogP contribution in [0.2, 0.25) is 0 Å². The molecule has 0 radical (unpaired) electrons. The molecule has 7 heteroatoms. The van der Waals surface area contributed by atoms with Crippen LogP contribution < -0.4 is 10.6 Å². The first kappa shape index (κ1) is 21.4. The molecule has 3 fully saturated rings. The number of aliphatic hydroxyl groups excluding tert-OH is 1. The van der Waals surface area contributed by atoms with Gasteiger partial charge < -0.3 is 25.2 Å². The Balaban J connectivity index is 1.19. The summed E-state index contributed by atoms with van der Waals surface area (Å²) in [6.07, 6.45) is 1.68. The molecular weight excluding hydrogens is 406 g/mol. The minimum absolute atomic E-state index is 0.284. The van der Waals surface area contributed by atoms with Gasteiger partial charge in [-0.1, -0.05) is 48.5 Å². The molecule has 0 spiro atoms. The Hall–Kier alpha value is -2.45.